The van der Waals surface area contributed by atoms with Gasteiger partial charge in [0.25, 0.3) is 0 Å². The van der Waals surface area contributed by atoms with E-state index in [0.717, 1.165) is 5.56 Å². The first-order chi connectivity index (χ1) is 16.2. The lowest BCUT2D eigenvalue weighted by molar-refractivity contribution is -0.149. The van der Waals surface area contributed by atoms with E-state index in [4.69, 9.17) is 13.9 Å². The number of ether oxygens (including phenoxy) is 2. The minimum atomic E-state index is -1.66. The van der Waals surface area contributed by atoms with E-state index in [2.05, 4.69) is 39.2 Å². The van der Waals surface area contributed by atoms with E-state index in [1.54, 1.807) is 11.8 Å². The SMILES string of the molecule is CCOC(=O)CC(NCc1ccccc1)[C@@]1(O[SiH](C)C)C[C@H](C(C)(C)C)CN1C(=O)OC(C)(C)C. The van der Waals surface area contributed by atoms with Crippen molar-refractivity contribution < 1.29 is 23.5 Å². The highest BCUT2D eigenvalue weighted by Crippen LogP contribution is 2.46. The Kier molecular flexibility index (Phi) is 9.96. The second-order valence-corrected chi connectivity index (χ2v) is 14.1. The number of likely N-dealkylation sites (tertiary alicyclic amines) is 1. The fourth-order valence-electron chi connectivity index (χ4n) is 4.58. The predicted molar refractivity (Wildman–Crippen MR) is 142 cm³/mol. The standard InChI is InChI=1S/C27H46N2O5Si/c1-10-32-23(30)16-22(28-18-20-14-12-11-13-15-20)27(34-35(8)9)17-21(25(2,3)4)19-29(27)24(31)33-26(5,6)7/h11-15,21-22,28,35H,10,16-19H2,1-9H3/t21-,22?,27-/m0/s1. The fourth-order valence-corrected chi connectivity index (χ4v) is 5.78. The molecule has 1 fully saturated rings. The van der Waals surface area contributed by atoms with E-state index in [1.165, 1.54) is 0 Å². The summed E-state index contributed by atoms with van der Waals surface area (Å²) < 4.78 is 18.0. The van der Waals surface area contributed by atoms with Crippen molar-refractivity contribution in [2.45, 2.75) is 98.3 Å². The van der Waals surface area contributed by atoms with Gasteiger partial charge >= 0.3 is 12.1 Å². The van der Waals surface area contributed by atoms with Gasteiger partial charge in [-0.15, -0.1) is 0 Å². The summed E-state index contributed by atoms with van der Waals surface area (Å²) in [7, 11) is -1.66. The molecule has 7 nitrogen and oxygen atoms in total. The lowest BCUT2D eigenvalue weighted by atomic mass is 9.78. The van der Waals surface area contributed by atoms with Crippen molar-refractivity contribution in [3.63, 3.8) is 0 Å². The van der Waals surface area contributed by atoms with Gasteiger partial charge in [-0.05, 0) is 57.7 Å². The lowest BCUT2D eigenvalue weighted by Gasteiger charge is -2.45. The topological polar surface area (TPSA) is 77.1 Å². The van der Waals surface area contributed by atoms with Crippen LogP contribution in [0.15, 0.2) is 30.3 Å². The third-order valence-electron chi connectivity index (χ3n) is 6.29. The molecular formula is C27H46N2O5Si. The van der Waals surface area contributed by atoms with Crippen molar-refractivity contribution in [2.24, 2.45) is 11.3 Å². The fraction of sp³-hybridized carbons (Fsp3) is 0.704. The molecule has 198 valence electrons. The predicted octanol–water partition coefficient (Wildman–Crippen LogP) is 5.10. The van der Waals surface area contributed by atoms with Crippen LogP contribution in [-0.2, 0) is 25.2 Å². The summed E-state index contributed by atoms with van der Waals surface area (Å²) in [5.41, 5.74) is -0.626. The molecule has 1 amide bonds. The minimum Gasteiger partial charge on any atom is -0.466 e. The van der Waals surface area contributed by atoms with Crippen LogP contribution in [-0.4, -0.2) is 56.5 Å². The van der Waals surface area contributed by atoms with E-state index in [1.807, 2.05) is 51.1 Å². The summed E-state index contributed by atoms with van der Waals surface area (Å²) in [4.78, 5) is 28.2. The monoisotopic (exact) mass is 506 g/mol. The Morgan fingerprint density at radius 3 is 2.29 bits per heavy atom. The van der Waals surface area contributed by atoms with Crippen molar-refractivity contribution in [1.82, 2.24) is 10.2 Å². The van der Waals surface area contributed by atoms with Gasteiger partial charge < -0.3 is 19.2 Å². The maximum absolute atomic E-state index is 13.6. The number of benzene rings is 1. The van der Waals surface area contributed by atoms with Gasteiger partial charge in [0.05, 0.1) is 19.1 Å². The molecular weight excluding hydrogens is 460 g/mol. The van der Waals surface area contributed by atoms with Gasteiger partial charge in [0.1, 0.15) is 5.60 Å². The molecule has 35 heavy (non-hydrogen) atoms. The molecule has 3 atom stereocenters. The molecule has 0 bridgehead atoms. The molecule has 0 saturated carbocycles. The van der Waals surface area contributed by atoms with Crippen LogP contribution in [0.1, 0.15) is 66.9 Å². The number of nitrogens with zero attached hydrogens (tertiary/aromatic N) is 1. The molecule has 1 saturated heterocycles. The Morgan fingerprint density at radius 1 is 1.14 bits per heavy atom. The van der Waals surface area contributed by atoms with Crippen LogP contribution in [0.2, 0.25) is 13.1 Å². The Labute approximate surface area is 213 Å². The van der Waals surface area contributed by atoms with Crippen LogP contribution in [0.4, 0.5) is 4.79 Å². The second-order valence-electron chi connectivity index (χ2n) is 11.8. The number of rotatable bonds is 9. The number of carbonyl (C=O) groups is 2. The van der Waals surface area contributed by atoms with E-state index >= 15 is 0 Å². The van der Waals surface area contributed by atoms with Gasteiger partial charge in [-0.25, -0.2) is 4.79 Å². The molecule has 0 radical (unpaired) electrons. The van der Waals surface area contributed by atoms with E-state index in [0.29, 0.717) is 26.1 Å². The highest BCUT2D eigenvalue weighted by Gasteiger charge is 2.57. The average molecular weight is 507 g/mol. The Morgan fingerprint density at radius 2 is 1.77 bits per heavy atom. The van der Waals surface area contributed by atoms with Crippen LogP contribution in [0.25, 0.3) is 0 Å². The Bertz CT molecular complexity index is 834. The summed E-state index contributed by atoms with van der Waals surface area (Å²) in [6.07, 6.45) is 0.305. The number of hydrogen-bond donors (Lipinski definition) is 1. The van der Waals surface area contributed by atoms with Crippen molar-refractivity contribution >= 4 is 21.1 Å². The largest absolute Gasteiger partial charge is 0.466 e. The van der Waals surface area contributed by atoms with E-state index in [-0.39, 0.29) is 23.7 Å². The molecule has 1 aliphatic heterocycles. The number of nitrogens with one attached hydrogen (secondary N) is 1. The normalized spacial score (nSPS) is 21.8. The third kappa shape index (κ3) is 8.32. The first-order valence-electron chi connectivity index (χ1n) is 12.8. The van der Waals surface area contributed by atoms with Crippen molar-refractivity contribution in [3.8, 4) is 0 Å². The summed E-state index contributed by atoms with van der Waals surface area (Å²) in [6.45, 7) is 19.5. The van der Waals surface area contributed by atoms with E-state index in [9.17, 15) is 9.59 Å². The zero-order valence-electron chi connectivity index (χ0n) is 23.1. The van der Waals surface area contributed by atoms with Gasteiger partial charge in [0.2, 0.25) is 0 Å². The molecule has 1 unspecified atom stereocenters. The Balaban J connectivity index is 2.55. The number of carbonyl (C=O) groups excluding carboxylic acids is 2. The average Bonchev–Trinajstić information content (AvgIpc) is 3.11. The summed E-state index contributed by atoms with van der Waals surface area (Å²) in [5, 5.41) is 3.58. The van der Waals surface area contributed by atoms with Crippen LogP contribution < -0.4 is 5.32 Å². The molecule has 1 aromatic carbocycles. The smallest absolute Gasteiger partial charge is 0.412 e. The molecule has 0 aliphatic carbocycles. The molecule has 0 aromatic heterocycles. The summed E-state index contributed by atoms with van der Waals surface area (Å²) >= 11 is 0. The third-order valence-corrected chi connectivity index (χ3v) is 7.17. The van der Waals surface area contributed by atoms with Crippen LogP contribution in [0, 0.1) is 11.3 Å². The number of amides is 1. The lowest BCUT2D eigenvalue weighted by Crippen LogP contribution is -2.63. The number of hydrogen-bond acceptors (Lipinski definition) is 6. The molecule has 1 N–H and O–H groups in total. The number of esters is 1. The van der Waals surface area contributed by atoms with Gasteiger partial charge in [0.15, 0.2) is 14.8 Å². The maximum Gasteiger partial charge on any atom is 0.412 e. The molecule has 1 aromatic rings. The van der Waals surface area contributed by atoms with Gasteiger partial charge in [0, 0.05) is 19.5 Å². The molecule has 2 rings (SSSR count). The van der Waals surface area contributed by atoms with Gasteiger partial charge in [-0.1, -0.05) is 51.1 Å². The Hall–Kier alpha value is -1.90. The first-order valence-corrected chi connectivity index (χ1v) is 15.6. The van der Waals surface area contributed by atoms with Crippen LogP contribution in [0.5, 0.6) is 0 Å². The first kappa shape index (κ1) is 29.3. The molecule has 0 spiro atoms. The van der Waals surface area contributed by atoms with Crippen molar-refractivity contribution in [3.05, 3.63) is 35.9 Å². The molecule has 8 heteroatoms. The summed E-state index contributed by atoms with van der Waals surface area (Å²) in [6, 6.07) is 9.57. The molecule has 1 aliphatic rings. The van der Waals surface area contributed by atoms with Crippen molar-refractivity contribution in [2.75, 3.05) is 13.2 Å². The maximum atomic E-state index is 13.6. The summed E-state index contributed by atoms with van der Waals surface area (Å²) in [5.74, 6) is -0.138. The quantitative estimate of drug-likeness (QED) is 0.371. The minimum absolute atomic E-state index is 0.0577. The van der Waals surface area contributed by atoms with Gasteiger partial charge in [-0.3, -0.25) is 9.69 Å². The van der Waals surface area contributed by atoms with Crippen LogP contribution in [0.3, 0.4) is 0 Å². The highest BCUT2D eigenvalue weighted by molar-refractivity contribution is 6.48. The van der Waals surface area contributed by atoms with Gasteiger partial charge in [-0.2, -0.15) is 0 Å². The highest BCUT2D eigenvalue weighted by atomic mass is 28.3. The second kappa shape index (κ2) is 11.9. The molecule has 1 heterocycles. The zero-order chi connectivity index (χ0) is 26.4. The zero-order valence-corrected chi connectivity index (χ0v) is 24.3. The van der Waals surface area contributed by atoms with E-state index < -0.39 is 32.5 Å². The van der Waals surface area contributed by atoms with Crippen LogP contribution >= 0.6 is 0 Å². The van der Waals surface area contributed by atoms with Crippen molar-refractivity contribution in [1.29, 1.82) is 0 Å².